The summed E-state index contributed by atoms with van der Waals surface area (Å²) in [4.78, 5) is 0. The Bertz CT molecular complexity index is 433. The number of rotatable bonds is 1. The van der Waals surface area contributed by atoms with Crippen molar-refractivity contribution in [3.8, 4) is 0 Å². The Hall–Kier alpha value is -0.300. The number of hydrogen-bond acceptors (Lipinski definition) is 4. The minimum Gasteiger partial charge on any atom is -0.224 e. The predicted octanol–water partition coefficient (Wildman–Crippen LogP) is 1.56. The number of primary sulfonamides is 1. The Labute approximate surface area is 84.7 Å². The van der Waals surface area contributed by atoms with Crippen LogP contribution in [0.25, 0.3) is 0 Å². The lowest BCUT2D eigenvalue weighted by molar-refractivity contribution is 0.599. The van der Waals surface area contributed by atoms with Crippen LogP contribution < -0.4 is 5.14 Å². The molecule has 13 heavy (non-hydrogen) atoms. The molecule has 2 heterocycles. The van der Waals surface area contributed by atoms with Gasteiger partial charge in [0.1, 0.15) is 4.21 Å². The summed E-state index contributed by atoms with van der Waals surface area (Å²) in [7, 11) is -3.52. The van der Waals surface area contributed by atoms with E-state index in [1.165, 1.54) is 11.3 Å². The summed E-state index contributed by atoms with van der Waals surface area (Å²) in [6, 6.07) is 1.66. The molecule has 2 N–H and O–H groups in total. The highest BCUT2D eigenvalue weighted by atomic mass is 32.3. The molecule has 1 aromatic rings. The third-order valence-corrected chi connectivity index (χ3v) is 5.37. The van der Waals surface area contributed by atoms with Crippen LogP contribution in [-0.4, -0.2) is 8.42 Å². The van der Waals surface area contributed by atoms with Gasteiger partial charge in [-0.15, -0.1) is 11.3 Å². The summed E-state index contributed by atoms with van der Waals surface area (Å²) in [5.74, 6) is 0. The van der Waals surface area contributed by atoms with Gasteiger partial charge in [-0.2, -0.15) is 0 Å². The van der Waals surface area contributed by atoms with E-state index < -0.39 is 10.0 Å². The normalized spacial score (nSPS) is 15.8. The molecular formula is C7H7NO2S3. The largest absolute Gasteiger partial charge is 0.247 e. The molecule has 0 radical (unpaired) electrons. The van der Waals surface area contributed by atoms with Crippen LogP contribution in [0.4, 0.5) is 0 Å². The summed E-state index contributed by atoms with van der Waals surface area (Å²) in [6.45, 7) is 0. The first-order chi connectivity index (χ1) is 6.07. The fraction of sp³-hybridized carbons (Fsp3) is 0.143. The zero-order chi connectivity index (χ0) is 9.47. The average Bonchev–Trinajstić information content (AvgIpc) is 2.45. The van der Waals surface area contributed by atoms with E-state index >= 15 is 0 Å². The Morgan fingerprint density at radius 2 is 2.23 bits per heavy atom. The highest BCUT2D eigenvalue weighted by molar-refractivity contribution is 8.04. The summed E-state index contributed by atoms with van der Waals surface area (Å²) in [6.07, 6.45) is 2.81. The molecule has 1 aliphatic heterocycles. The van der Waals surface area contributed by atoms with E-state index in [4.69, 9.17) is 5.14 Å². The molecule has 70 valence electrons. The lowest BCUT2D eigenvalue weighted by Gasteiger charge is -2.00. The predicted molar refractivity (Wildman–Crippen MR) is 54.4 cm³/mol. The first kappa shape index (κ1) is 9.26. The van der Waals surface area contributed by atoms with E-state index in [0.29, 0.717) is 0 Å². The number of hydrogen-bond donors (Lipinski definition) is 1. The monoisotopic (exact) mass is 233 g/mol. The molecule has 0 aliphatic carbocycles. The quantitative estimate of drug-likeness (QED) is 0.800. The van der Waals surface area contributed by atoms with Crippen LogP contribution in [0.5, 0.6) is 0 Å². The third-order valence-electron chi connectivity index (χ3n) is 1.64. The van der Waals surface area contributed by atoms with Gasteiger partial charge in [0.2, 0.25) is 10.0 Å². The van der Waals surface area contributed by atoms with Crippen molar-refractivity contribution >= 4 is 33.1 Å². The van der Waals surface area contributed by atoms with Crippen LogP contribution in [0.3, 0.4) is 0 Å². The molecule has 0 spiro atoms. The molecule has 2 rings (SSSR count). The van der Waals surface area contributed by atoms with Gasteiger partial charge >= 0.3 is 0 Å². The van der Waals surface area contributed by atoms with Crippen molar-refractivity contribution in [2.24, 2.45) is 5.14 Å². The van der Waals surface area contributed by atoms with E-state index in [1.54, 1.807) is 17.8 Å². The fourth-order valence-electron chi connectivity index (χ4n) is 1.05. The summed E-state index contributed by atoms with van der Waals surface area (Å²) in [5.41, 5.74) is 1.06. The van der Waals surface area contributed by atoms with E-state index in [9.17, 15) is 8.42 Å². The number of thioether (sulfide) groups is 1. The van der Waals surface area contributed by atoms with E-state index in [0.717, 1.165) is 16.2 Å². The first-order valence-corrected chi connectivity index (χ1v) is 6.79. The van der Waals surface area contributed by atoms with Crippen LogP contribution in [0.15, 0.2) is 26.0 Å². The zero-order valence-electron chi connectivity index (χ0n) is 6.56. The second-order valence-corrected chi connectivity index (χ2v) is 6.63. The van der Waals surface area contributed by atoms with Gasteiger partial charge in [-0.05, 0) is 23.5 Å². The maximum Gasteiger partial charge on any atom is 0.247 e. The summed E-state index contributed by atoms with van der Waals surface area (Å²) >= 11 is 2.78. The van der Waals surface area contributed by atoms with Gasteiger partial charge < -0.3 is 0 Å². The number of allylic oxidation sites excluding steroid dienone is 1. The molecule has 0 saturated carbocycles. The number of fused-ring (bicyclic) bond motifs is 1. The molecule has 0 amide bonds. The van der Waals surface area contributed by atoms with E-state index in [-0.39, 0.29) is 4.21 Å². The molecule has 0 saturated heterocycles. The highest BCUT2D eigenvalue weighted by Gasteiger charge is 2.17. The Morgan fingerprint density at radius 3 is 2.85 bits per heavy atom. The maximum atomic E-state index is 11.0. The summed E-state index contributed by atoms with van der Waals surface area (Å²) in [5, 5.41) is 6.99. The average molecular weight is 233 g/mol. The van der Waals surface area contributed by atoms with Gasteiger partial charge in [0.15, 0.2) is 0 Å². The molecule has 0 aromatic carbocycles. The zero-order valence-corrected chi connectivity index (χ0v) is 9.01. The molecule has 0 bridgehead atoms. The van der Waals surface area contributed by atoms with Crippen molar-refractivity contribution < 1.29 is 8.42 Å². The number of nitrogens with two attached hydrogens (primary N) is 1. The van der Waals surface area contributed by atoms with Crippen LogP contribution in [0, 0.1) is 0 Å². The molecule has 1 aliphatic rings. The van der Waals surface area contributed by atoms with Crippen molar-refractivity contribution in [1.29, 1.82) is 0 Å². The lowest BCUT2D eigenvalue weighted by atomic mass is 10.2. The molecule has 1 aromatic heterocycles. The van der Waals surface area contributed by atoms with Crippen LogP contribution in [-0.2, 0) is 16.4 Å². The van der Waals surface area contributed by atoms with Gasteiger partial charge in [0.05, 0.1) is 4.21 Å². The van der Waals surface area contributed by atoms with Gasteiger partial charge in [-0.1, -0.05) is 17.8 Å². The standard InChI is InChI=1S/C7H7NO2S3/c8-13(9,10)6-4-5-2-1-3-11-7(5)12-6/h1,3-4H,2H2,(H2,8,9,10). The fourth-order valence-corrected chi connectivity index (χ4v) is 4.13. The second-order valence-electron chi connectivity index (χ2n) is 2.62. The topological polar surface area (TPSA) is 60.2 Å². The number of sulfonamides is 1. The van der Waals surface area contributed by atoms with Crippen molar-refractivity contribution in [1.82, 2.24) is 0 Å². The maximum absolute atomic E-state index is 11.0. The number of thiophene rings is 1. The van der Waals surface area contributed by atoms with Crippen molar-refractivity contribution in [3.05, 3.63) is 23.1 Å². The third kappa shape index (κ3) is 1.80. The van der Waals surface area contributed by atoms with Crippen molar-refractivity contribution in [2.45, 2.75) is 14.8 Å². The van der Waals surface area contributed by atoms with Gasteiger partial charge in [-0.25, -0.2) is 13.6 Å². The van der Waals surface area contributed by atoms with Crippen molar-refractivity contribution in [3.63, 3.8) is 0 Å². The summed E-state index contributed by atoms with van der Waals surface area (Å²) < 4.78 is 23.3. The minimum atomic E-state index is -3.52. The Morgan fingerprint density at radius 1 is 1.46 bits per heavy atom. The Balaban J connectivity index is 2.50. The Kier molecular flexibility index (Phi) is 2.23. The molecular weight excluding hydrogens is 226 g/mol. The smallest absolute Gasteiger partial charge is 0.224 e. The lowest BCUT2D eigenvalue weighted by Crippen LogP contribution is -2.09. The highest BCUT2D eigenvalue weighted by Crippen LogP contribution is 2.37. The van der Waals surface area contributed by atoms with Gasteiger partial charge in [0, 0.05) is 0 Å². The molecule has 0 unspecified atom stereocenters. The SMILES string of the molecule is NS(=O)(=O)c1cc2c(s1)SC=CC2. The van der Waals surface area contributed by atoms with Crippen molar-refractivity contribution in [2.75, 3.05) is 0 Å². The van der Waals surface area contributed by atoms with E-state index in [1.807, 2.05) is 11.5 Å². The molecule has 3 nitrogen and oxygen atoms in total. The molecule has 0 fully saturated rings. The first-order valence-electron chi connectivity index (χ1n) is 3.54. The molecule has 0 atom stereocenters. The van der Waals surface area contributed by atoms with Crippen LogP contribution >= 0.6 is 23.1 Å². The van der Waals surface area contributed by atoms with Gasteiger partial charge in [-0.3, -0.25) is 0 Å². The minimum absolute atomic E-state index is 0.258. The molecule has 6 heteroatoms. The van der Waals surface area contributed by atoms with E-state index in [2.05, 4.69) is 0 Å². The van der Waals surface area contributed by atoms with Crippen LogP contribution in [0.1, 0.15) is 5.56 Å². The van der Waals surface area contributed by atoms with Crippen LogP contribution in [0.2, 0.25) is 0 Å². The van der Waals surface area contributed by atoms with Gasteiger partial charge in [0.25, 0.3) is 0 Å². The second kappa shape index (κ2) is 3.13.